The summed E-state index contributed by atoms with van der Waals surface area (Å²) in [5, 5.41) is 0. The zero-order valence-corrected chi connectivity index (χ0v) is 25.1. The number of Topliss-reactive ketones (excluding diaryl/α,β-unsaturated/α-hetero) is 4. The van der Waals surface area contributed by atoms with Crippen molar-refractivity contribution in [2.24, 2.45) is 14.1 Å². The summed E-state index contributed by atoms with van der Waals surface area (Å²) in [5.74, 6) is -0.886. The van der Waals surface area contributed by atoms with Gasteiger partial charge in [-0.15, -0.1) is 34.0 Å². The molecule has 0 radical (unpaired) electrons. The number of ketones is 4. The highest BCUT2D eigenvalue weighted by Gasteiger charge is 2.34. The number of thiophene rings is 3. The predicted octanol–water partition coefficient (Wildman–Crippen LogP) is 8.09. The van der Waals surface area contributed by atoms with Crippen molar-refractivity contribution < 1.29 is 19.2 Å². The Morgan fingerprint density at radius 3 is 1.21 bits per heavy atom. The number of carbonyl (C=O) groups is 4. The lowest BCUT2D eigenvalue weighted by Crippen LogP contribution is -1.99. The summed E-state index contributed by atoms with van der Waals surface area (Å²) in [7, 11) is 4.10. The van der Waals surface area contributed by atoms with Crippen molar-refractivity contribution in [2.75, 3.05) is 0 Å². The third-order valence-electron chi connectivity index (χ3n) is 8.51. The normalized spacial score (nSPS) is 14.8. The highest BCUT2D eigenvalue weighted by molar-refractivity contribution is 7.34. The summed E-state index contributed by atoms with van der Waals surface area (Å²) in [6.07, 6.45) is 3.46. The van der Waals surface area contributed by atoms with E-state index < -0.39 is 0 Å². The van der Waals surface area contributed by atoms with E-state index in [0.717, 1.165) is 50.6 Å². The maximum Gasteiger partial charge on any atom is 0.197 e. The van der Waals surface area contributed by atoms with Crippen molar-refractivity contribution in [1.82, 2.24) is 9.13 Å². The first-order valence-electron chi connectivity index (χ1n) is 13.5. The van der Waals surface area contributed by atoms with E-state index in [1.165, 1.54) is 0 Å². The molecule has 2 aliphatic rings. The lowest BCUT2D eigenvalue weighted by Gasteiger charge is -1.99. The molecule has 6 nitrogen and oxygen atoms in total. The van der Waals surface area contributed by atoms with Crippen LogP contribution in [0.25, 0.3) is 53.0 Å². The van der Waals surface area contributed by atoms with E-state index in [9.17, 15) is 19.2 Å². The molecule has 0 unspecified atom stereocenters. The summed E-state index contributed by atoms with van der Waals surface area (Å²) in [6, 6.07) is 18.1. The molecule has 0 spiro atoms. The fourth-order valence-electron chi connectivity index (χ4n) is 6.44. The van der Waals surface area contributed by atoms with Gasteiger partial charge in [-0.05, 0) is 24.3 Å². The molecule has 0 saturated heterocycles. The third kappa shape index (κ3) is 3.16. The van der Waals surface area contributed by atoms with Crippen LogP contribution in [0.1, 0.15) is 51.2 Å². The van der Waals surface area contributed by atoms with E-state index in [4.69, 9.17) is 0 Å². The number of carbonyl (C=O) groups excluding carboxylic acids is 4. The Hall–Kier alpha value is -4.70. The van der Waals surface area contributed by atoms with E-state index in [1.54, 1.807) is 94.7 Å². The molecule has 5 heterocycles. The summed E-state index contributed by atoms with van der Waals surface area (Å²) < 4.78 is 8.93. The van der Waals surface area contributed by atoms with Gasteiger partial charge in [0.05, 0.1) is 52.0 Å². The van der Waals surface area contributed by atoms with Crippen LogP contribution in [0.4, 0.5) is 0 Å². The maximum atomic E-state index is 13.0. The molecule has 2 aromatic carbocycles. The number of rotatable bonds is 2. The second kappa shape index (κ2) is 8.44. The van der Waals surface area contributed by atoms with Crippen LogP contribution in [0.5, 0.6) is 0 Å². The summed E-state index contributed by atoms with van der Waals surface area (Å²) in [5.41, 5.74) is 6.69. The van der Waals surface area contributed by atoms with Crippen LogP contribution in [0.3, 0.4) is 0 Å². The van der Waals surface area contributed by atoms with E-state index in [2.05, 4.69) is 21.3 Å². The topological polar surface area (TPSA) is 78.1 Å². The first-order valence-corrected chi connectivity index (χ1v) is 16.0. The zero-order chi connectivity index (χ0) is 29.3. The van der Waals surface area contributed by atoms with Crippen molar-refractivity contribution in [3.8, 4) is 0 Å². The van der Waals surface area contributed by atoms with Crippen LogP contribution >= 0.6 is 34.0 Å². The van der Waals surface area contributed by atoms with Crippen molar-refractivity contribution >= 4 is 110 Å². The van der Waals surface area contributed by atoms with Gasteiger partial charge < -0.3 is 9.13 Å². The molecule has 0 bridgehead atoms. The SMILES string of the molecule is Cn1c2cc(C=C3C(=O)c4ccccc4C3=O)sc2c2sc3c4sc(C=C5C(=O)c6ccccc6C5=O)cc4n(C)c3c21. The van der Waals surface area contributed by atoms with Crippen LogP contribution in [0.15, 0.2) is 71.8 Å². The van der Waals surface area contributed by atoms with Crippen molar-refractivity contribution in [2.45, 2.75) is 0 Å². The minimum Gasteiger partial charge on any atom is -0.340 e. The molecule has 7 aromatic rings. The number of hydrogen-bond donors (Lipinski definition) is 0. The standard InChI is InChI=1S/C34H18N2O4S3/c1-35-23-13-15(11-21-27(37)17-7-3-4-8-18(17)28(21)38)41-31(23)33-25(35)26-34(43-33)32-24(36(26)2)14-16(42-32)12-22-29(39)19-9-5-6-10-20(19)30(22)40/h3-14H,1-2H3. The van der Waals surface area contributed by atoms with E-state index in [-0.39, 0.29) is 34.3 Å². The van der Waals surface area contributed by atoms with E-state index in [1.807, 2.05) is 14.1 Å². The molecule has 43 heavy (non-hydrogen) atoms. The molecule has 0 N–H and O–H groups in total. The van der Waals surface area contributed by atoms with Gasteiger partial charge >= 0.3 is 0 Å². The van der Waals surface area contributed by atoms with Crippen molar-refractivity contribution in [1.29, 1.82) is 0 Å². The van der Waals surface area contributed by atoms with Crippen LogP contribution in [-0.4, -0.2) is 32.3 Å². The van der Waals surface area contributed by atoms with Gasteiger partial charge in [-0.3, -0.25) is 19.2 Å². The highest BCUT2D eigenvalue weighted by Crippen LogP contribution is 2.49. The Kier molecular flexibility index (Phi) is 4.88. The number of benzene rings is 2. The molecular formula is C34H18N2O4S3. The lowest BCUT2D eigenvalue weighted by atomic mass is 10.1. The number of nitrogens with zero attached hydrogens (tertiary/aromatic N) is 2. The minimum absolute atomic E-state index is 0.213. The first kappa shape index (κ1) is 24.9. The Morgan fingerprint density at radius 2 is 0.860 bits per heavy atom. The molecule has 0 saturated carbocycles. The number of allylic oxidation sites excluding steroid dienone is 2. The summed E-state index contributed by atoms with van der Waals surface area (Å²) >= 11 is 4.90. The molecule has 2 aliphatic carbocycles. The number of aryl methyl sites for hydroxylation is 2. The monoisotopic (exact) mass is 614 g/mol. The van der Waals surface area contributed by atoms with Crippen molar-refractivity contribution in [3.63, 3.8) is 0 Å². The van der Waals surface area contributed by atoms with Crippen LogP contribution < -0.4 is 0 Å². The Morgan fingerprint density at radius 1 is 0.512 bits per heavy atom. The van der Waals surface area contributed by atoms with Gasteiger partial charge in [0.2, 0.25) is 0 Å². The van der Waals surface area contributed by atoms with Gasteiger partial charge in [-0.25, -0.2) is 0 Å². The fourth-order valence-corrected chi connectivity index (χ4v) is 10.3. The quantitative estimate of drug-likeness (QED) is 0.146. The molecular weight excluding hydrogens is 597 g/mol. The molecule has 206 valence electrons. The predicted molar refractivity (Wildman–Crippen MR) is 174 cm³/mol. The third-order valence-corrected chi connectivity index (χ3v) is 12.2. The molecule has 9 heteroatoms. The van der Waals surface area contributed by atoms with Crippen LogP contribution in [0, 0.1) is 0 Å². The van der Waals surface area contributed by atoms with Gasteiger partial charge in [0.25, 0.3) is 0 Å². The van der Waals surface area contributed by atoms with Gasteiger partial charge in [-0.2, -0.15) is 0 Å². The second-order valence-electron chi connectivity index (χ2n) is 10.8. The maximum absolute atomic E-state index is 13.0. The number of fused-ring (bicyclic) bond motifs is 9. The average Bonchev–Trinajstić information content (AvgIpc) is 3.85. The van der Waals surface area contributed by atoms with Gasteiger partial charge in [0.1, 0.15) is 0 Å². The highest BCUT2D eigenvalue weighted by atomic mass is 32.1. The molecule has 0 atom stereocenters. The Labute approximate surface area is 255 Å². The number of aromatic nitrogens is 2. The van der Waals surface area contributed by atoms with Gasteiger partial charge in [0.15, 0.2) is 23.1 Å². The minimum atomic E-state index is -0.221. The van der Waals surface area contributed by atoms with Crippen LogP contribution in [-0.2, 0) is 14.1 Å². The summed E-state index contributed by atoms with van der Waals surface area (Å²) in [4.78, 5) is 53.6. The average molecular weight is 615 g/mol. The van der Waals surface area contributed by atoms with Gasteiger partial charge in [0, 0.05) is 46.1 Å². The zero-order valence-electron chi connectivity index (χ0n) is 22.7. The molecule has 0 fully saturated rings. The smallest absolute Gasteiger partial charge is 0.197 e. The largest absolute Gasteiger partial charge is 0.340 e. The Bertz CT molecular complexity index is 2310. The molecule has 0 aliphatic heterocycles. The Balaban J connectivity index is 1.16. The molecule has 5 aromatic heterocycles. The molecule has 9 rings (SSSR count). The first-order chi connectivity index (χ1) is 20.8. The molecule has 0 amide bonds. The summed E-state index contributed by atoms with van der Waals surface area (Å²) in [6.45, 7) is 0. The van der Waals surface area contributed by atoms with Gasteiger partial charge in [-0.1, -0.05) is 48.5 Å². The van der Waals surface area contributed by atoms with E-state index in [0.29, 0.717) is 22.3 Å². The second-order valence-corrected chi connectivity index (χ2v) is 14.0. The van der Waals surface area contributed by atoms with Crippen molar-refractivity contribution in [3.05, 3.63) is 104 Å². The number of hydrogen-bond acceptors (Lipinski definition) is 7. The lowest BCUT2D eigenvalue weighted by molar-refractivity contribution is 0.0975. The van der Waals surface area contributed by atoms with Crippen LogP contribution in [0.2, 0.25) is 0 Å². The fraction of sp³-hybridized carbons (Fsp3) is 0.0588. The van der Waals surface area contributed by atoms with E-state index >= 15 is 0 Å².